The Hall–Kier alpha value is -2.18. The number of sulfonamides is 1. The van der Waals surface area contributed by atoms with E-state index in [1.807, 2.05) is 42.2 Å². The van der Waals surface area contributed by atoms with Gasteiger partial charge in [0.2, 0.25) is 15.9 Å². The van der Waals surface area contributed by atoms with E-state index in [9.17, 15) is 13.2 Å². The number of rotatable bonds is 5. The average Bonchev–Trinajstić information content (AvgIpc) is 2.95. The van der Waals surface area contributed by atoms with Crippen LogP contribution in [0.25, 0.3) is 0 Å². The third-order valence-electron chi connectivity index (χ3n) is 5.91. The van der Waals surface area contributed by atoms with Gasteiger partial charge in [-0.2, -0.15) is 4.31 Å². The van der Waals surface area contributed by atoms with Crippen LogP contribution in [-0.4, -0.2) is 31.7 Å². The summed E-state index contributed by atoms with van der Waals surface area (Å²) < 4.78 is 27.5. The van der Waals surface area contributed by atoms with Crippen molar-refractivity contribution in [1.29, 1.82) is 0 Å². The molecule has 4 rings (SSSR count). The molecule has 1 amide bonds. The number of hydrogen-bond acceptors (Lipinski definition) is 3. The van der Waals surface area contributed by atoms with Crippen LogP contribution in [0.4, 0.5) is 5.69 Å². The lowest BCUT2D eigenvalue weighted by atomic mass is 9.84. The molecule has 1 aliphatic carbocycles. The average molecular weight is 399 g/mol. The number of nitrogens with zero attached hydrogens (tertiary/aromatic N) is 2. The van der Waals surface area contributed by atoms with Gasteiger partial charge in [-0.15, -0.1) is 0 Å². The smallest absolute Gasteiger partial charge is 0.243 e. The molecule has 6 heteroatoms. The van der Waals surface area contributed by atoms with Crippen molar-refractivity contribution in [1.82, 2.24) is 4.31 Å². The number of fused-ring (bicyclic) bond motifs is 1. The lowest BCUT2D eigenvalue weighted by Crippen LogP contribution is -2.42. The van der Waals surface area contributed by atoms with Crippen LogP contribution in [0.5, 0.6) is 0 Å². The Labute approximate surface area is 167 Å². The van der Waals surface area contributed by atoms with Gasteiger partial charge in [0.25, 0.3) is 0 Å². The highest BCUT2D eigenvalue weighted by Crippen LogP contribution is 2.38. The Bertz CT molecular complexity index is 984. The molecule has 1 aliphatic heterocycles. The van der Waals surface area contributed by atoms with Gasteiger partial charge in [0.15, 0.2) is 0 Å². The van der Waals surface area contributed by atoms with Crippen molar-refractivity contribution in [3.63, 3.8) is 0 Å². The Morgan fingerprint density at radius 1 is 1.14 bits per heavy atom. The van der Waals surface area contributed by atoms with E-state index in [1.54, 1.807) is 25.2 Å². The van der Waals surface area contributed by atoms with Crippen molar-refractivity contribution >= 4 is 21.6 Å². The van der Waals surface area contributed by atoms with Crippen molar-refractivity contribution in [3.8, 4) is 0 Å². The maximum Gasteiger partial charge on any atom is 0.243 e. The standard InChI is InChI=1S/C22H26N2O3S/c1-16-13-19-14-20(11-12-21(19)24(16)22(25)18-9-6-10-18)28(26,27)23(2)15-17-7-4-3-5-8-17/h3-5,7-8,11-12,14,16,18H,6,9-10,13,15H2,1-2H3/t16-/m1/s1. The number of hydrogen-bond donors (Lipinski definition) is 0. The largest absolute Gasteiger partial charge is 0.309 e. The second-order valence-corrected chi connectivity index (χ2v) is 9.97. The first-order chi connectivity index (χ1) is 13.4. The number of amides is 1. The third kappa shape index (κ3) is 3.35. The van der Waals surface area contributed by atoms with E-state index >= 15 is 0 Å². The van der Waals surface area contributed by atoms with Crippen LogP contribution in [0.1, 0.15) is 37.3 Å². The molecule has 0 unspecified atom stereocenters. The fourth-order valence-electron chi connectivity index (χ4n) is 4.06. The second kappa shape index (κ2) is 7.33. The monoisotopic (exact) mass is 398 g/mol. The summed E-state index contributed by atoms with van der Waals surface area (Å²) in [6, 6.07) is 14.8. The summed E-state index contributed by atoms with van der Waals surface area (Å²) in [6.07, 6.45) is 3.75. The Balaban J connectivity index is 1.58. The van der Waals surface area contributed by atoms with E-state index in [2.05, 4.69) is 0 Å². The topological polar surface area (TPSA) is 57.7 Å². The molecule has 2 aliphatic rings. The van der Waals surface area contributed by atoms with Crippen LogP contribution in [0.2, 0.25) is 0 Å². The molecule has 1 atom stereocenters. The van der Waals surface area contributed by atoms with Gasteiger partial charge < -0.3 is 4.90 Å². The van der Waals surface area contributed by atoms with Gasteiger partial charge in [-0.25, -0.2) is 8.42 Å². The number of anilines is 1. The maximum atomic E-state index is 13.0. The van der Waals surface area contributed by atoms with E-state index in [0.717, 1.165) is 36.1 Å². The lowest BCUT2D eigenvalue weighted by molar-refractivity contribution is -0.125. The van der Waals surface area contributed by atoms with Crippen LogP contribution >= 0.6 is 0 Å². The molecule has 1 saturated carbocycles. The molecule has 0 spiro atoms. The third-order valence-corrected chi connectivity index (χ3v) is 7.71. The first-order valence-corrected chi connectivity index (χ1v) is 11.3. The Kier molecular flexibility index (Phi) is 5.02. The normalized spacial score (nSPS) is 19.5. The fourth-order valence-corrected chi connectivity index (χ4v) is 5.27. The first-order valence-electron chi connectivity index (χ1n) is 9.84. The fraction of sp³-hybridized carbons (Fsp3) is 0.409. The van der Waals surface area contributed by atoms with Crippen LogP contribution in [0.3, 0.4) is 0 Å². The van der Waals surface area contributed by atoms with Gasteiger partial charge in [0.05, 0.1) is 4.90 Å². The molecular weight excluding hydrogens is 372 g/mol. The van der Waals surface area contributed by atoms with Gasteiger partial charge in [-0.05, 0) is 55.5 Å². The molecule has 0 saturated heterocycles. The quantitative estimate of drug-likeness (QED) is 0.773. The minimum Gasteiger partial charge on any atom is -0.309 e. The van der Waals surface area contributed by atoms with Crippen molar-refractivity contribution in [2.75, 3.05) is 11.9 Å². The number of benzene rings is 2. The molecule has 0 radical (unpaired) electrons. The lowest BCUT2D eigenvalue weighted by Gasteiger charge is -2.32. The minimum atomic E-state index is -3.59. The van der Waals surface area contributed by atoms with Crippen LogP contribution in [-0.2, 0) is 27.8 Å². The highest BCUT2D eigenvalue weighted by atomic mass is 32.2. The zero-order valence-corrected chi connectivity index (χ0v) is 17.2. The summed E-state index contributed by atoms with van der Waals surface area (Å²) in [5.41, 5.74) is 2.75. The molecule has 5 nitrogen and oxygen atoms in total. The minimum absolute atomic E-state index is 0.0723. The zero-order chi connectivity index (χ0) is 19.9. The molecule has 2 aromatic carbocycles. The van der Waals surface area contributed by atoms with Crippen molar-refractivity contribution in [2.45, 2.75) is 50.1 Å². The summed E-state index contributed by atoms with van der Waals surface area (Å²) in [5, 5.41) is 0. The molecule has 1 heterocycles. The van der Waals surface area contributed by atoms with E-state index < -0.39 is 10.0 Å². The molecule has 148 valence electrons. The molecule has 0 aromatic heterocycles. The summed E-state index contributed by atoms with van der Waals surface area (Å²) in [7, 11) is -1.99. The SMILES string of the molecule is C[C@@H]1Cc2cc(S(=O)(=O)N(C)Cc3ccccc3)ccc2N1C(=O)C1CCC1. The van der Waals surface area contributed by atoms with Crippen LogP contribution < -0.4 is 4.90 Å². The first kappa shape index (κ1) is 19.2. The van der Waals surface area contributed by atoms with E-state index in [-0.39, 0.29) is 22.8 Å². The summed E-state index contributed by atoms with van der Waals surface area (Å²) in [5.74, 6) is 0.322. The van der Waals surface area contributed by atoms with Crippen LogP contribution in [0.15, 0.2) is 53.4 Å². The van der Waals surface area contributed by atoms with E-state index in [4.69, 9.17) is 0 Å². The predicted octanol–water partition coefficient (Wildman–Crippen LogP) is 3.59. The summed E-state index contributed by atoms with van der Waals surface area (Å²) >= 11 is 0. The molecule has 2 aromatic rings. The van der Waals surface area contributed by atoms with Crippen molar-refractivity contribution in [3.05, 3.63) is 59.7 Å². The van der Waals surface area contributed by atoms with Crippen LogP contribution in [0, 0.1) is 5.92 Å². The maximum absolute atomic E-state index is 13.0. The number of carbonyl (C=O) groups excluding carboxylic acids is 1. The van der Waals surface area contributed by atoms with E-state index in [1.165, 1.54) is 4.31 Å². The molecule has 0 bridgehead atoms. The number of carbonyl (C=O) groups is 1. The van der Waals surface area contributed by atoms with Gasteiger partial charge >= 0.3 is 0 Å². The summed E-state index contributed by atoms with van der Waals surface area (Å²) in [6.45, 7) is 2.36. The van der Waals surface area contributed by atoms with Gasteiger partial charge in [0.1, 0.15) is 0 Å². The predicted molar refractivity (Wildman–Crippen MR) is 110 cm³/mol. The summed E-state index contributed by atoms with van der Waals surface area (Å²) in [4.78, 5) is 15.0. The molecule has 28 heavy (non-hydrogen) atoms. The molecule has 1 fully saturated rings. The van der Waals surface area contributed by atoms with Gasteiger partial charge in [-0.1, -0.05) is 36.8 Å². The highest BCUT2D eigenvalue weighted by molar-refractivity contribution is 7.89. The Morgan fingerprint density at radius 3 is 2.50 bits per heavy atom. The van der Waals surface area contributed by atoms with Crippen molar-refractivity contribution in [2.24, 2.45) is 5.92 Å². The van der Waals surface area contributed by atoms with E-state index in [0.29, 0.717) is 13.0 Å². The van der Waals surface area contributed by atoms with Crippen molar-refractivity contribution < 1.29 is 13.2 Å². The zero-order valence-electron chi connectivity index (χ0n) is 16.3. The van der Waals surface area contributed by atoms with Gasteiger partial charge in [0, 0.05) is 31.2 Å². The molecule has 0 N–H and O–H groups in total. The highest BCUT2D eigenvalue weighted by Gasteiger charge is 2.37. The molecular formula is C22H26N2O3S. The second-order valence-electron chi connectivity index (χ2n) is 7.93. The van der Waals surface area contributed by atoms with Gasteiger partial charge in [-0.3, -0.25) is 4.79 Å². The Morgan fingerprint density at radius 2 is 1.86 bits per heavy atom.